The number of nitrogens with zero attached hydrogens (tertiary/aromatic N) is 1. The number of hydrogen-bond acceptors (Lipinski definition) is 17. The van der Waals surface area contributed by atoms with Crippen molar-refractivity contribution in [1.29, 1.82) is 0 Å². The van der Waals surface area contributed by atoms with Crippen LogP contribution >= 0.6 is 11.6 Å². The molecule has 25 heteroatoms. The first-order chi connectivity index (χ1) is 40.8. The van der Waals surface area contributed by atoms with Crippen molar-refractivity contribution in [3.63, 3.8) is 0 Å². The number of carboxylic acids is 1. The number of carbonyl (C=O) groups excluding carboxylic acids is 8. The van der Waals surface area contributed by atoms with Crippen molar-refractivity contribution in [1.82, 2.24) is 31.5 Å². The van der Waals surface area contributed by atoms with Crippen LogP contribution in [0.5, 0.6) is 5.75 Å². The quantitative estimate of drug-likeness (QED) is 0.0332. The molecule has 0 unspecified atom stereocenters. The Kier molecular flexibility index (Phi) is 30.4. The number of amides is 6. The first-order valence-corrected chi connectivity index (χ1v) is 29.5. The summed E-state index contributed by atoms with van der Waals surface area (Å²) in [6.07, 6.45) is -0.413. The Bertz CT molecular complexity index is 2600. The van der Waals surface area contributed by atoms with Crippen LogP contribution < -0.4 is 31.3 Å². The minimum Gasteiger partial charge on any atom is -0.495 e. The zero-order valence-electron chi connectivity index (χ0n) is 51.2. The molecule has 0 bridgehead atoms. The molecular formula is C61H89ClN6O18. The lowest BCUT2D eigenvalue weighted by Crippen LogP contribution is -2.54. The maximum Gasteiger partial charge on any atom is 0.347 e. The van der Waals surface area contributed by atoms with Crippen LogP contribution in [0, 0.1) is 23.2 Å². The third kappa shape index (κ3) is 25.0. The molecule has 0 aliphatic carbocycles. The zero-order chi connectivity index (χ0) is 63.5. The highest BCUT2D eigenvalue weighted by molar-refractivity contribution is 6.32. The summed E-state index contributed by atoms with van der Waals surface area (Å²) in [6.45, 7) is 15.7. The average Bonchev–Trinajstić information content (AvgIpc) is 2.72. The SMILES string of the molecule is COCCOCCOCCOCCC(=O)N(CCC(=O)O)CCC(=O)N[C@H](C(=O)N[C@@H](C)C(=O)NCc1ccc([C@H]2O[C@@H]2[C@@H](C)[C@@H]2C/C=C\C(=O)N[C@H](Cc3ccc(OC)c(Cl)c3)C(=O)NCC(C)(C)C(=O)O[C@@H](CC(C)C)C(=O)O2)cc1)C(C)C. The van der Waals surface area contributed by atoms with Crippen molar-refractivity contribution in [3.05, 3.63) is 76.3 Å². The maximum atomic E-state index is 14.0. The van der Waals surface area contributed by atoms with E-state index in [2.05, 4.69) is 26.6 Å². The molecular weight excluding hydrogens is 1140 g/mol. The van der Waals surface area contributed by atoms with Gasteiger partial charge in [0, 0.05) is 58.5 Å². The highest BCUT2D eigenvalue weighted by Gasteiger charge is 2.48. The monoisotopic (exact) mass is 1230 g/mol. The number of nitrogens with one attached hydrogen (secondary N) is 5. The van der Waals surface area contributed by atoms with E-state index in [1.54, 1.807) is 59.1 Å². The highest BCUT2D eigenvalue weighted by Crippen LogP contribution is 2.45. The van der Waals surface area contributed by atoms with Crippen molar-refractivity contribution < 1.29 is 86.2 Å². The number of halogens is 1. The van der Waals surface area contributed by atoms with Gasteiger partial charge in [0.05, 0.1) is 82.7 Å². The second-order valence-corrected chi connectivity index (χ2v) is 23.1. The fourth-order valence-electron chi connectivity index (χ4n) is 8.97. The molecule has 2 aromatic rings. The predicted molar refractivity (Wildman–Crippen MR) is 315 cm³/mol. The molecule has 1 saturated heterocycles. The first-order valence-electron chi connectivity index (χ1n) is 29.2. The van der Waals surface area contributed by atoms with Crippen molar-refractivity contribution in [2.24, 2.45) is 23.2 Å². The number of aliphatic carboxylic acids is 1. The molecule has 6 amide bonds. The molecule has 1 fully saturated rings. The number of cyclic esters (lactones) is 2. The summed E-state index contributed by atoms with van der Waals surface area (Å²) in [5.74, 6) is -6.24. The molecule has 0 radical (unpaired) electrons. The largest absolute Gasteiger partial charge is 0.495 e. The lowest BCUT2D eigenvalue weighted by molar-refractivity contribution is -0.179. The molecule has 2 aliphatic rings. The number of carbonyl (C=O) groups is 9. The van der Waals surface area contributed by atoms with E-state index in [-0.39, 0.29) is 90.4 Å². The van der Waals surface area contributed by atoms with Gasteiger partial charge in [0.1, 0.15) is 36.1 Å². The van der Waals surface area contributed by atoms with Crippen LogP contribution in [-0.2, 0) is 89.3 Å². The van der Waals surface area contributed by atoms with Crippen LogP contribution in [-0.4, -0.2) is 180 Å². The van der Waals surface area contributed by atoms with Crippen LogP contribution in [0.1, 0.15) is 110 Å². The molecule has 86 heavy (non-hydrogen) atoms. The van der Waals surface area contributed by atoms with Gasteiger partial charge in [-0.3, -0.25) is 38.4 Å². The third-order valence-electron chi connectivity index (χ3n) is 14.3. The molecule has 24 nitrogen and oxygen atoms in total. The number of ether oxygens (including phenoxy) is 8. The lowest BCUT2D eigenvalue weighted by atomic mass is 9.92. The zero-order valence-corrected chi connectivity index (χ0v) is 52.0. The minimum absolute atomic E-state index is 0.0501. The fourth-order valence-corrected chi connectivity index (χ4v) is 9.25. The van der Waals surface area contributed by atoms with Gasteiger partial charge in [-0.05, 0) is 73.9 Å². The summed E-state index contributed by atoms with van der Waals surface area (Å²) in [4.78, 5) is 120. The molecule has 8 atom stereocenters. The molecule has 4 rings (SSSR count). The van der Waals surface area contributed by atoms with Crippen molar-refractivity contribution in [2.75, 3.05) is 80.1 Å². The smallest absolute Gasteiger partial charge is 0.347 e. The molecule has 0 spiro atoms. The molecule has 0 saturated carbocycles. The molecule has 478 valence electrons. The van der Waals surface area contributed by atoms with Crippen LogP contribution in [0.2, 0.25) is 5.02 Å². The van der Waals surface area contributed by atoms with Gasteiger partial charge in [0.2, 0.25) is 35.4 Å². The van der Waals surface area contributed by atoms with E-state index in [1.165, 1.54) is 25.0 Å². The number of benzene rings is 2. The summed E-state index contributed by atoms with van der Waals surface area (Å²) < 4.78 is 44.6. The standard InChI is InChI=1S/C61H89ClN6O18/c1-37(2)32-48-59(77)84-46(12-11-13-49(69)66-45(34-42-16-19-47(80-10)44(62)33-42)57(75)64-36-61(7,8)60(78)85-48)39(5)54-55(86-54)43-17-14-41(15-18-43)35-63-56(74)40(6)65-58(76)53(38(3)4)67-50(70)20-23-68(24-21-52(72)73)51(71)22-25-81-28-29-83-31-30-82-27-26-79-9/h11,13-19,33,37-40,45-46,48,53-55H,12,20-32,34-36H2,1-10H3,(H,63,74)(H,64,75)(H,65,76)(H,66,69)(H,67,70)(H,72,73)/b13-11-/t39-,40-,45+,46-,48-,53-,54+,55+/m0/s1. The van der Waals surface area contributed by atoms with Gasteiger partial charge < -0.3 is 74.5 Å². The highest BCUT2D eigenvalue weighted by atomic mass is 35.5. The van der Waals surface area contributed by atoms with Crippen LogP contribution in [0.15, 0.2) is 54.6 Å². The van der Waals surface area contributed by atoms with E-state index in [1.807, 2.05) is 45.0 Å². The summed E-state index contributed by atoms with van der Waals surface area (Å²) >= 11 is 6.38. The number of esters is 2. The minimum atomic E-state index is -1.29. The van der Waals surface area contributed by atoms with E-state index in [0.717, 1.165) is 11.1 Å². The van der Waals surface area contributed by atoms with Crippen LogP contribution in [0.3, 0.4) is 0 Å². The summed E-state index contributed by atoms with van der Waals surface area (Å²) in [7, 11) is 3.06. The van der Waals surface area contributed by atoms with Gasteiger partial charge in [0.25, 0.3) is 0 Å². The molecule has 2 aromatic carbocycles. The Balaban J connectivity index is 1.33. The van der Waals surface area contributed by atoms with Gasteiger partial charge in [0.15, 0.2) is 6.10 Å². The van der Waals surface area contributed by atoms with E-state index in [9.17, 15) is 48.3 Å². The summed E-state index contributed by atoms with van der Waals surface area (Å²) in [6, 6.07) is 9.25. The number of hydrogen-bond donors (Lipinski definition) is 6. The maximum absolute atomic E-state index is 14.0. The number of carboxylic acid groups (broad SMARTS) is 1. The summed E-state index contributed by atoms with van der Waals surface area (Å²) in [5.41, 5.74) is 0.897. The predicted octanol–water partition coefficient (Wildman–Crippen LogP) is 4.17. The lowest BCUT2D eigenvalue weighted by Gasteiger charge is -2.29. The van der Waals surface area contributed by atoms with Crippen molar-refractivity contribution in [3.8, 4) is 5.75 Å². The number of epoxide rings is 1. The average molecular weight is 1230 g/mol. The van der Waals surface area contributed by atoms with E-state index in [0.29, 0.717) is 42.8 Å². The number of methoxy groups -OCH3 is 2. The normalized spacial score (nSPS) is 20.5. The van der Waals surface area contributed by atoms with Crippen LogP contribution in [0.25, 0.3) is 0 Å². The van der Waals surface area contributed by atoms with Gasteiger partial charge >= 0.3 is 17.9 Å². The van der Waals surface area contributed by atoms with E-state index in [4.69, 9.17) is 49.5 Å². The Morgan fingerprint density at radius 2 is 1.44 bits per heavy atom. The Hall–Kier alpha value is -6.70. The molecule has 6 N–H and O–H groups in total. The first kappa shape index (κ1) is 71.8. The van der Waals surface area contributed by atoms with Crippen LogP contribution in [0.4, 0.5) is 0 Å². The van der Waals surface area contributed by atoms with Gasteiger partial charge in [-0.1, -0.05) is 82.6 Å². The van der Waals surface area contributed by atoms with Gasteiger partial charge in [-0.15, -0.1) is 0 Å². The third-order valence-corrected chi connectivity index (χ3v) is 14.6. The van der Waals surface area contributed by atoms with E-state index >= 15 is 0 Å². The van der Waals surface area contributed by atoms with Gasteiger partial charge in [-0.2, -0.15) is 0 Å². The van der Waals surface area contributed by atoms with Crippen molar-refractivity contribution >= 4 is 65.0 Å². The molecule has 2 heterocycles. The fraction of sp³-hybridized carbons (Fsp3) is 0.623. The Morgan fingerprint density at radius 1 is 0.802 bits per heavy atom. The molecule has 0 aromatic heterocycles. The van der Waals surface area contributed by atoms with E-state index < -0.39 is 113 Å². The van der Waals surface area contributed by atoms with Gasteiger partial charge in [-0.25, -0.2) is 4.79 Å². The van der Waals surface area contributed by atoms with Crippen molar-refractivity contribution in [2.45, 2.75) is 143 Å². The Labute approximate surface area is 509 Å². The summed E-state index contributed by atoms with van der Waals surface area (Å²) in [5, 5.41) is 23.3. The number of rotatable bonds is 33. The second-order valence-electron chi connectivity index (χ2n) is 22.7. The topological polar surface area (TPSA) is 314 Å². The second kappa shape index (κ2) is 36.4. The Morgan fingerprint density at radius 3 is 2.06 bits per heavy atom. The molecule has 2 aliphatic heterocycles.